The summed E-state index contributed by atoms with van der Waals surface area (Å²) in [5.74, 6) is 0.458. The molecule has 6 nitrogen and oxygen atoms in total. The average Bonchev–Trinajstić information content (AvgIpc) is 3.22. The minimum Gasteiger partial charge on any atom is -0.496 e. The first-order chi connectivity index (χ1) is 11.6. The van der Waals surface area contributed by atoms with Crippen LogP contribution in [0, 0.1) is 0 Å². The van der Waals surface area contributed by atoms with Crippen molar-refractivity contribution in [3.63, 3.8) is 0 Å². The van der Waals surface area contributed by atoms with Crippen LogP contribution in [0.3, 0.4) is 0 Å². The topological polar surface area (TPSA) is 73.3 Å². The Morgan fingerprint density at radius 3 is 2.38 bits per heavy atom. The van der Waals surface area contributed by atoms with Crippen LogP contribution in [0.1, 0.15) is 10.4 Å². The molecular formula is C15H12ClN3O3S2. The van der Waals surface area contributed by atoms with Crippen molar-refractivity contribution in [1.29, 1.82) is 0 Å². The van der Waals surface area contributed by atoms with Crippen molar-refractivity contribution in [1.82, 2.24) is 10.2 Å². The minimum atomic E-state index is -0.379. The van der Waals surface area contributed by atoms with E-state index < -0.39 is 0 Å². The van der Waals surface area contributed by atoms with Crippen LogP contribution in [-0.4, -0.2) is 30.3 Å². The number of nitrogens with one attached hydrogen (secondary N) is 1. The molecule has 3 rings (SSSR count). The summed E-state index contributed by atoms with van der Waals surface area (Å²) in [5.41, 5.74) is 0.304. The van der Waals surface area contributed by atoms with E-state index in [2.05, 4.69) is 15.5 Å². The lowest BCUT2D eigenvalue weighted by Gasteiger charge is -2.11. The molecule has 24 heavy (non-hydrogen) atoms. The van der Waals surface area contributed by atoms with Gasteiger partial charge < -0.3 is 9.47 Å². The Labute approximate surface area is 151 Å². The second-order valence-electron chi connectivity index (χ2n) is 4.51. The monoisotopic (exact) mass is 381 g/mol. The van der Waals surface area contributed by atoms with Gasteiger partial charge in [0.15, 0.2) is 5.01 Å². The van der Waals surface area contributed by atoms with E-state index >= 15 is 0 Å². The quantitative estimate of drug-likeness (QED) is 0.717. The van der Waals surface area contributed by atoms with Gasteiger partial charge in [-0.15, -0.1) is 21.5 Å². The third-order valence-electron chi connectivity index (χ3n) is 3.08. The highest BCUT2D eigenvalue weighted by Crippen LogP contribution is 2.35. The van der Waals surface area contributed by atoms with Gasteiger partial charge >= 0.3 is 0 Å². The molecule has 0 saturated heterocycles. The number of hydrogen-bond acceptors (Lipinski definition) is 7. The van der Waals surface area contributed by atoms with Gasteiger partial charge in [0.25, 0.3) is 5.91 Å². The van der Waals surface area contributed by atoms with E-state index in [4.69, 9.17) is 21.1 Å². The van der Waals surface area contributed by atoms with Gasteiger partial charge in [-0.1, -0.05) is 29.0 Å². The van der Waals surface area contributed by atoms with Crippen molar-refractivity contribution in [2.24, 2.45) is 0 Å². The second kappa shape index (κ2) is 7.16. The van der Waals surface area contributed by atoms with Crippen LogP contribution in [0.5, 0.6) is 11.5 Å². The summed E-state index contributed by atoms with van der Waals surface area (Å²) >= 11 is 8.59. The fraction of sp³-hybridized carbons (Fsp3) is 0.133. The zero-order valence-electron chi connectivity index (χ0n) is 12.7. The Hall–Kier alpha value is -2.16. The minimum absolute atomic E-state index is 0.304. The van der Waals surface area contributed by atoms with Gasteiger partial charge in [0.05, 0.1) is 23.4 Å². The fourth-order valence-electron chi connectivity index (χ4n) is 2.04. The van der Waals surface area contributed by atoms with Gasteiger partial charge in [0.1, 0.15) is 17.1 Å². The predicted octanol–water partition coefficient (Wildman–Crippen LogP) is 4.19. The van der Waals surface area contributed by atoms with Gasteiger partial charge in [-0.25, -0.2) is 0 Å². The van der Waals surface area contributed by atoms with Crippen molar-refractivity contribution in [3.8, 4) is 21.4 Å². The normalized spacial score (nSPS) is 10.5. The number of rotatable bonds is 5. The number of carbonyl (C=O) groups excluding carboxylic acids is 1. The van der Waals surface area contributed by atoms with Crippen LogP contribution in [0.15, 0.2) is 30.3 Å². The van der Waals surface area contributed by atoms with E-state index in [1.807, 2.05) is 6.07 Å². The molecule has 2 heterocycles. The number of halogens is 1. The Bertz CT molecular complexity index is 856. The van der Waals surface area contributed by atoms with Crippen molar-refractivity contribution in [2.45, 2.75) is 0 Å². The van der Waals surface area contributed by atoms with Crippen molar-refractivity contribution in [3.05, 3.63) is 40.2 Å². The molecule has 124 valence electrons. The molecule has 1 aromatic carbocycles. The van der Waals surface area contributed by atoms with Gasteiger partial charge in [-0.2, -0.15) is 0 Å². The van der Waals surface area contributed by atoms with Crippen molar-refractivity contribution in [2.75, 3.05) is 19.5 Å². The van der Waals surface area contributed by atoms with E-state index in [-0.39, 0.29) is 5.91 Å². The van der Waals surface area contributed by atoms with E-state index in [1.54, 1.807) is 24.3 Å². The molecule has 0 unspecified atom stereocenters. The Morgan fingerprint density at radius 1 is 1.08 bits per heavy atom. The Kier molecular flexibility index (Phi) is 4.98. The summed E-state index contributed by atoms with van der Waals surface area (Å²) in [6.07, 6.45) is 0. The molecule has 0 radical (unpaired) electrons. The first-order valence-electron chi connectivity index (χ1n) is 6.74. The Balaban J connectivity index is 1.85. The number of ether oxygens (including phenoxy) is 2. The molecule has 0 atom stereocenters. The fourth-order valence-corrected chi connectivity index (χ4v) is 3.87. The largest absolute Gasteiger partial charge is 0.496 e. The molecule has 0 bridgehead atoms. The molecule has 0 spiro atoms. The second-order valence-corrected chi connectivity index (χ2v) is 7.20. The number of amides is 1. The maximum absolute atomic E-state index is 12.6. The molecule has 9 heteroatoms. The number of benzene rings is 1. The molecule has 0 aliphatic rings. The molecule has 3 aromatic rings. The zero-order valence-corrected chi connectivity index (χ0v) is 15.1. The number of anilines is 1. The molecule has 0 aliphatic heterocycles. The summed E-state index contributed by atoms with van der Waals surface area (Å²) in [5, 5.41) is 11.9. The third-order valence-corrected chi connectivity index (χ3v) is 5.32. The smallest absolute Gasteiger partial charge is 0.265 e. The summed E-state index contributed by atoms with van der Waals surface area (Å²) in [7, 11) is 2.99. The molecule has 0 aliphatic carbocycles. The predicted molar refractivity (Wildman–Crippen MR) is 95.7 cm³/mol. The van der Waals surface area contributed by atoms with Gasteiger partial charge in [-0.05, 0) is 24.3 Å². The molecule has 1 amide bonds. The number of carbonyl (C=O) groups is 1. The maximum atomic E-state index is 12.6. The lowest BCUT2D eigenvalue weighted by Crippen LogP contribution is -2.14. The highest BCUT2D eigenvalue weighted by Gasteiger charge is 2.20. The Morgan fingerprint density at radius 2 is 1.79 bits per heavy atom. The van der Waals surface area contributed by atoms with E-state index in [9.17, 15) is 4.79 Å². The highest BCUT2D eigenvalue weighted by molar-refractivity contribution is 7.25. The van der Waals surface area contributed by atoms with Crippen LogP contribution in [0.4, 0.5) is 5.13 Å². The maximum Gasteiger partial charge on any atom is 0.265 e. The van der Waals surface area contributed by atoms with Crippen LogP contribution in [-0.2, 0) is 0 Å². The first-order valence-corrected chi connectivity index (χ1v) is 8.75. The number of aromatic nitrogens is 2. The van der Waals surface area contributed by atoms with Crippen LogP contribution in [0.25, 0.3) is 9.88 Å². The zero-order chi connectivity index (χ0) is 17.1. The van der Waals surface area contributed by atoms with Gasteiger partial charge in [-0.3, -0.25) is 10.1 Å². The average molecular weight is 382 g/mol. The summed E-state index contributed by atoms with van der Waals surface area (Å²) < 4.78 is 11.1. The lowest BCUT2D eigenvalue weighted by atomic mass is 10.1. The summed E-state index contributed by atoms with van der Waals surface area (Å²) in [6.45, 7) is 0. The highest BCUT2D eigenvalue weighted by atomic mass is 35.5. The third kappa shape index (κ3) is 3.35. The van der Waals surface area contributed by atoms with Crippen molar-refractivity contribution < 1.29 is 14.3 Å². The van der Waals surface area contributed by atoms with Crippen LogP contribution >= 0.6 is 34.3 Å². The van der Waals surface area contributed by atoms with Gasteiger partial charge in [0, 0.05) is 0 Å². The standard InChI is InChI=1S/C15H12ClN3O3S2/c1-21-8-4-3-5-9(22-2)12(8)13(20)17-15-19-18-14(24-15)10-6-7-11(16)23-10/h3-7H,1-2H3,(H,17,19,20). The summed E-state index contributed by atoms with van der Waals surface area (Å²) in [4.78, 5) is 13.5. The molecule has 1 N–H and O–H groups in total. The molecule has 2 aromatic heterocycles. The number of nitrogens with zero attached hydrogens (tertiary/aromatic N) is 2. The van der Waals surface area contributed by atoms with E-state index in [1.165, 1.54) is 36.9 Å². The number of hydrogen-bond donors (Lipinski definition) is 1. The first kappa shape index (κ1) is 16.7. The lowest BCUT2D eigenvalue weighted by molar-refractivity contribution is 0.102. The van der Waals surface area contributed by atoms with E-state index in [0.29, 0.717) is 31.5 Å². The van der Waals surface area contributed by atoms with Crippen molar-refractivity contribution >= 4 is 45.3 Å². The molecular weight excluding hydrogens is 370 g/mol. The van der Waals surface area contributed by atoms with Gasteiger partial charge in [0.2, 0.25) is 5.13 Å². The number of methoxy groups -OCH3 is 2. The SMILES string of the molecule is COc1cccc(OC)c1C(=O)Nc1nnc(-c2ccc(Cl)s2)s1. The number of thiophene rings is 1. The molecule has 0 saturated carbocycles. The summed E-state index contributed by atoms with van der Waals surface area (Å²) in [6, 6.07) is 8.79. The van der Waals surface area contributed by atoms with Crippen LogP contribution in [0.2, 0.25) is 4.34 Å². The van der Waals surface area contributed by atoms with Crippen LogP contribution < -0.4 is 14.8 Å². The van der Waals surface area contributed by atoms with E-state index in [0.717, 1.165) is 4.88 Å². The molecule has 0 fully saturated rings.